The van der Waals surface area contributed by atoms with Gasteiger partial charge in [0.1, 0.15) is 0 Å². The molecule has 144 valence electrons. The van der Waals surface area contributed by atoms with E-state index in [1.807, 2.05) is 12.1 Å². The van der Waals surface area contributed by atoms with Gasteiger partial charge in [-0.25, -0.2) is 0 Å². The number of likely N-dealkylation sites (tertiary alicyclic amines) is 1. The molecule has 0 unspecified atom stereocenters. The maximum Gasteiger partial charge on any atom is 0.329 e. The first-order chi connectivity index (χ1) is 13.5. The van der Waals surface area contributed by atoms with Gasteiger partial charge in [-0.1, -0.05) is 60.7 Å². The fourth-order valence-electron chi connectivity index (χ4n) is 3.94. The molecule has 1 fully saturated rings. The van der Waals surface area contributed by atoms with E-state index in [2.05, 4.69) is 6.07 Å². The Balaban J connectivity index is 2.09. The van der Waals surface area contributed by atoms with Crippen LogP contribution in [0.2, 0.25) is 0 Å². The molecule has 1 amide bonds. The number of carbonyl (C=O) groups excluding carboxylic acids is 2. The minimum Gasteiger partial charge on any atom is -0.468 e. The molecule has 0 saturated carbocycles. The summed E-state index contributed by atoms with van der Waals surface area (Å²) in [5, 5.41) is 20.8. The molecule has 2 aromatic rings. The lowest BCUT2D eigenvalue weighted by molar-refractivity contribution is -0.151. The molecule has 0 radical (unpaired) electrons. The molecule has 0 aliphatic carbocycles. The second-order valence-corrected chi connectivity index (χ2v) is 6.96. The van der Waals surface area contributed by atoms with E-state index in [4.69, 9.17) is 4.74 Å². The molecule has 3 rings (SSSR count). The molecule has 1 aliphatic heterocycles. The van der Waals surface area contributed by atoms with E-state index in [9.17, 15) is 20.0 Å². The van der Waals surface area contributed by atoms with E-state index < -0.39 is 29.6 Å². The minimum atomic E-state index is -1.67. The number of rotatable bonds is 5. The van der Waals surface area contributed by atoms with Crippen molar-refractivity contribution in [1.29, 1.82) is 5.26 Å². The monoisotopic (exact) mass is 378 g/mol. The maximum atomic E-state index is 13.0. The molecule has 1 heterocycles. The topological polar surface area (TPSA) is 90.6 Å². The van der Waals surface area contributed by atoms with Gasteiger partial charge in [0.25, 0.3) is 0 Å². The summed E-state index contributed by atoms with van der Waals surface area (Å²) in [7, 11) is 1.21. The predicted octanol–water partition coefficient (Wildman–Crippen LogP) is 2.77. The normalized spacial score (nSPS) is 23.7. The highest BCUT2D eigenvalue weighted by Crippen LogP contribution is 2.50. The molecule has 0 spiro atoms. The molecular weight excluding hydrogens is 356 g/mol. The molecule has 4 atom stereocenters. The summed E-state index contributed by atoms with van der Waals surface area (Å²) in [6.07, 6.45) is -1.26. The van der Waals surface area contributed by atoms with Crippen LogP contribution in [0, 0.1) is 16.7 Å². The van der Waals surface area contributed by atoms with Crippen molar-refractivity contribution in [2.45, 2.75) is 31.5 Å². The Morgan fingerprint density at radius 2 is 1.79 bits per heavy atom. The third-order valence-electron chi connectivity index (χ3n) is 5.36. The number of amides is 1. The highest BCUT2D eigenvalue weighted by atomic mass is 16.5. The fourth-order valence-corrected chi connectivity index (χ4v) is 3.94. The largest absolute Gasteiger partial charge is 0.468 e. The second-order valence-electron chi connectivity index (χ2n) is 6.96. The number of hydrogen-bond donors (Lipinski definition) is 1. The number of hydrogen-bond acceptors (Lipinski definition) is 5. The van der Waals surface area contributed by atoms with E-state index in [1.165, 1.54) is 12.0 Å². The first-order valence-electron chi connectivity index (χ1n) is 9.05. The van der Waals surface area contributed by atoms with Crippen LogP contribution >= 0.6 is 0 Å². The van der Waals surface area contributed by atoms with Crippen LogP contribution in [0.1, 0.15) is 36.6 Å². The summed E-state index contributed by atoms with van der Waals surface area (Å²) >= 11 is 0. The maximum absolute atomic E-state index is 13.0. The number of nitriles is 1. The Morgan fingerprint density at radius 3 is 2.32 bits per heavy atom. The van der Waals surface area contributed by atoms with Crippen molar-refractivity contribution in [3.8, 4) is 6.07 Å². The number of esters is 1. The van der Waals surface area contributed by atoms with Crippen LogP contribution in [0.25, 0.3) is 0 Å². The average molecular weight is 378 g/mol. The van der Waals surface area contributed by atoms with Gasteiger partial charge in [-0.3, -0.25) is 9.59 Å². The van der Waals surface area contributed by atoms with Crippen LogP contribution in [-0.2, 0) is 14.3 Å². The van der Waals surface area contributed by atoms with Crippen molar-refractivity contribution in [3.63, 3.8) is 0 Å². The number of nitrogens with zero attached hydrogens (tertiary/aromatic N) is 2. The molecule has 6 heteroatoms. The number of carbonyl (C=O) groups is 2. The number of methoxy groups -OCH3 is 1. The Labute approximate surface area is 164 Å². The zero-order valence-electron chi connectivity index (χ0n) is 15.8. The smallest absolute Gasteiger partial charge is 0.329 e. The number of aliphatic hydroxyl groups excluding tert-OH is 1. The highest BCUT2D eigenvalue weighted by molar-refractivity contribution is 5.93. The van der Waals surface area contributed by atoms with Crippen LogP contribution in [0.3, 0.4) is 0 Å². The van der Waals surface area contributed by atoms with Gasteiger partial charge in [-0.2, -0.15) is 5.26 Å². The summed E-state index contributed by atoms with van der Waals surface area (Å²) in [5.74, 6) is -1.12. The van der Waals surface area contributed by atoms with Gasteiger partial charge in [0.15, 0.2) is 5.41 Å². The predicted molar refractivity (Wildman–Crippen MR) is 102 cm³/mol. The van der Waals surface area contributed by atoms with Crippen LogP contribution in [-0.4, -0.2) is 35.0 Å². The summed E-state index contributed by atoms with van der Waals surface area (Å²) in [4.78, 5) is 27.1. The zero-order chi connectivity index (χ0) is 20.3. The molecule has 28 heavy (non-hydrogen) atoms. The van der Waals surface area contributed by atoms with Crippen molar-refractivity contribution in [2.75, 3.05) is 7.11 Å². The van der Waals surface area contributed by atoms with Gasteiger partial charge in [0, 0.05) is 0 Å². The Bertz CT molecular complexity index is 894. The molecular formula is C22H22N2O4. The number of benzene rings is 2. The lowest BCUT2D eigenvalue weighted by Gasteiger charge is -2.37. The van der Waals surface area contributed by atoms with Gasteiger partial charge in [0.2, 0.25) is 5.91 Å². The first-order valence-corrected chi connectivity index (χ1v) is 9.05. The van der Waals surface area contributed by atoms with Crippen molar-refractivity contribution >= 4 is 11.9 Å². The summed E-state index contributed by atoms with van der Waals surface area (Å²) in [5.41, 5.74) is -0.368. The Morgan fingerprint density at radius 1 is 1.21 bits per heavy atom. The third kappa shape index (κ3) is 3.14. The quantitative estimate of drug-likeness (QED) is 0.808. The summed E-state index contributed by atoms with van der Waals surface area (Å²) in [6, 6.07) is 18.5. The number of aliphatic hydroxyl groups is 1. The second kappa shape index (κ2) is 7.83. The molecule has 6 nitrogen and oxygen atoms in total. The Kier molecular flexibility index (Phi) is 5.48. The zero-order valence-corrected chi connectivity index (χ0v) is 15.8. The van der Waals surface area contributed by atoms with Crippen LogP contribution < -0.4 is 0 Å². The standard InChI is InChI=1S/C22H22N2O4/c1-15(19(26)16-9-5-3-6-10-16)24-18(25)13-22(14-23,21(27)28-2)20(24)17-11-7-4-8-12-17/h3-12,15,19-20,26H,13H2,1-2H3/t15-,19-,20-,22+/m1/s1. The van der Waals surface area contributed by atoms with Crippen LogP contribution in [0.15, 0.2) is 60.7 Å². The summed E-state index contributed by atoms with van der Waals surface area (Å²) in [6.45, 7) is 1.72. The van der Waals surface area contributed by atoms with Gasteiger partial charge in [-0.05, 0) is 18.1 Å². The third-order valence-corrected chi connectivity index (χ3v) is 5.36. The van der Waals surface area contributed by atoms with Crippen molar-refractivity contribution in [3.05, 3.63) is 71.8 Å². The molecule has 1 aliphatic rings. The van der Waals surface area contributed by atoms with Crippen LogP contribution in [0.5, 0.6) is 0 Å². The lowest BCUT2D eigenvalue weighted by Crippen LogP contribution is -2.44. The van der Waals surface area contributed by atoms with E-state index in [-0.39, 0.29) is 12.3 Å². The van der Waals surface area contributed by atoms with E-state index in [1.54, 1.807) is 55.5 Å². The Hall–Kier alpha value is -3.17. The molecule has 0 bridgehead atoms. The summed E-state index contributed by atoms with van der Waals surface area (Å²) < 4.78 is 4.90. The average Bonchev–Trinajstić information content (AvgIpc) is 3.06. The van der Waals surface area contributed by atoms with E-state index in [0.717, 1.165) is 0 Å². The molecule has 2 aromatic carbocycles. The van der Waals surface area contributed by atoms with Crippen molar-refractivity contribution in [2.24, 2.45) is 5.41 Å². The van der Waals surface area contributed by atoms with Gasteiger partial charge < -0.3 is 14.7 Å². The van der Waals surface area contributed by atoms with Gasteiger partial charge in [-0.15, -0.1) is 0 Å². The fraction of sp³-hybridized carbons (Fsp3) is 0.318. The van der Waals surface area contributed by atoms with Gasteiger partial charge in [0.05, 0.1) is 37.8 Å². The van der Waals surface area contributed by atoms with Crippen LogP contribution in [0.4, 0.5) is 0 Å². The van der Waals surface area contributed by atoms with Gasteiger partial charge >= 0.3 is 5.97 Å². The van der Waals surface area contributed by atoms with E-state index >= 15 is 0 Å². The number of ether oxygens (including phenoxy) is 1. The molecule has 0 aromatic heterocycles. The minimum absolute atomic E-state index is 0.290. The SMILES string of the molecule is COC(=O)[C@]1(C#N)CC(=O)N([C@H](C)[C@@H](O)c2ccccc2)[C@@H]1c1ccccc1. The first kappa shape index (κ1) is 19.6. The van der Waals surface area contributed by atoms with E-state index in [0.29, 0.717) is 11.1 Å². The molecule has 1 saturated heterocycles. The van der Waals surface area contributed by atoms with Crippen molar-refractivity contribution < 1.29 is 19.4 Å². The highest BCUT2D eigenvalue weighted by Gasteiger charge is 2.60. The lowest BCUT2D eigenvalue weighted by atomic mass is 9.78. The molecule has 1 N–H and O–H groups in total. The van der Waals surface area contributed by atoms with Crippen molar-refractivity contribution in [1.82, 2.24) is 4.90 Å².